The molecule has 0 unspecified atom stereocenters. The summed E-state index contributed by atoms with van der Waals surface area (Å²) in [4.78, 5) is 26.5. The van der Waals surface area contributed by atoms with E-state index in [4.69, 9.17) is 29.7 Å². The number of allylic oxidation sites excluding steroid dienone is 3. The molecular formula is C70H81N9O10. The molecule has 5 aliphatic heterocycles. The predicted octanol–water partition coefficient (Wildman–Crippen LogP) is 7.69. The van der Waals surface area contributed by atoms with Crippen molar-refractivity contribution in [1.29, 1.82) is 0 Å². The number of nitrogens with one attached hydrogen (secondary N) is 5. The smallest absolute Gasteiger partial charge is 0.302 e. The van der Waals surface area contributed by atoms with Crippen LogP contribution in [0.1, 0.15) is 119 Å². The highest BCUT2D eigenvalue weighted by molar-refractivity contribution is 5.83. The van der Waals surface area contributed by atoms with Gasteiger partial charge in [0.15, 0.2) is 29.0 Å². The lowest BCUT2D eigenvalue weighted by molar-refractivity contribution is -0.197. The number of carbonyl (C=O) groups excluding carboxylic acids is 1. The molecule has 4 aliphatic carbocycles. The van der Waals surface area contributed by atoms with Crippen LogP contribution in [-0.2, 0) is 27.1 Å². The number of hydrogen-bond donors (Lipinski definition) is 11. The van der Waals surface area contributed by atoms with Crippen LogP contribution in [0, 0.1) is 64.1 Å². The largest absolute Gasteiger partial charge is 0.504 e. The summed E-state index contributed by atoms with van der Waals surface area (Å²) in [5.41, 5.74) is 8.03. The summed E-state index contributed by atoms with van der Waals surface area (Å²) in [6, 6.07) is 14.4. The molecule has 19 heteroatoms. The monoisotopic (exact) mass is 1210 g/mol. The van der Waals surface area contributed by atoms with Crippen molar-refractivity contribution in [3.05, 3.63) is 132 Å². The highest BCUT2D eigenvalue weighted by atomic mass is 16.6. The number of nitrogens with zero attached hydrogens (tertiary/aromatic N) is 3. The van der Waals surface area contributed by atoms with Gasteiger partial charge in [0.25, 0.3) is 0 Å². The quantitative estimate of drug-likeness (QED) is 0.0262. The van der Waals surface area contributed by atoms with Crippen molar-refractivity contribution >= 4 is 22.8 Å². The Labute approximate surface area is 518 Å². The first kappa shape index (κ1) is 58.6. The minimum Gasteiger partial charge on any atom is -0.504 e. The fourth-order valence-electron chi connectivity index (χ4n) is 16.7. The Morgan fingerprint density at radius 1 is 0.978 bits per heavy atom. The molecule has 2 saturated heterocycles. The van der Waals surface area contributed by atoms with Gasteiger partial charge in [-0.25, -0.2) is 0 Å². The van der Waals surface area contributed by atoms with E-state index in [9.17, 15) is 30.3 Å². The zero-order chi connectivity index (χ0) is 61.0. The van der Waals surface area contributed by atoms with E-state index in [1.54, 1.807) is 24.5 Å². The minimum atomic E-state index is -1.12. The van der Waals surface area contributed by atoms with E-state index in [-0.39, 0.29) is 42.2 Å². The SMILES string of the molecule is CC(=O)O[C@H]1C[C@@H](c2cc(O)c(O)c(OCCc3cccnc3)c2)O[C@@H]2[C@H]1C=C[C@@H]1C#C[C@H]3[C@H]4CCC[C@]35NC(=NC[C@]3(CC6=CCNC(N)=C6)CCC[C@H]3O)N[C@@H](n3cc6cc[nH]c6c3)[C@@H]5[C@@H](O)N[C@@H]3CCCC[C@@H]3C#CC[C@]21Cc1ccc(O)c(c1)O4. The van der Waals surface area contributed by atoms with Crippen LogP contribution in [0.25, 0.3) is 10.9 Å². The Morgan fingerprint density at radius 2 is 1.87 bits per heavy atom. The third kappa shape index (κ3) is 11.2. The van der Waals surface area contributed by atoms with Gasteiger partial charge in [-0.05, 0) is 123 Å². The molecule has 16 atom stereocenters. The summed E-state index contributed by atoms with van der Waals surface area (Å²) in [5, 5.41) is 76.2. The Hall–Kier alpha value is -8.07. The van der Waals surface area contributed by atoms with E-state index in [2.05, 4.69) is 90.1 Å². The van der Waals surface area contributed by atoms with Crippen LogP contribution in [-0.4, -0.2) is 114 Å². The second-order valence-corrected chi connectivity index (χ2v) is 26.6. The molecule has 9 aliphatic rings. The molecule has 14 rings (SSSR count). The number of guanidine groups is 1. The second kappa shape index (κ2) is 24.0. The lowest BCUT2D eigenvalue weighted by Gasteiger charge is -2.57. The Morgan fingerprint density at radius 3 is 2.70 bits per heavy atom. The fourth-order valence-corrected chi connectivity index (χ4v) is 16.7. The minimum absolute atomic E-state index is 0.0254. The van der Waals surface area contributed by atoms with E-state index in [1.165, 1.54) is 13.0 Å². The number of H-pyrrole nitrogens is 1. The molecule has 19 nitrogen and oxygen atoms in total. The number of rotatable bonds is 11. The lowest BCUT2D eigenvalue weighted by Crippen LogP contribution is -2.75. The summed E-state index contributed by atoms with van der Waals surface area (Å²) < 4.78 is 29.6. The number of ether oxygens (including phenoxy) is 4. The molecule has 0 amide bonds. The number of aromatic hydroxyl groups is 3. The summed E-state index contributed by atoms with van der Waals surface area (Å²) >= 11 is 0. The van der Waals surface area contributed by atoms with Crippen LogP contribution >= 0.6 is 0 Å². The van der Waals surface area contributed by atoms with Gasteiger partial charge in [0, 0.05) is 104 Å². The molecule has 4 bridgehead atoms. The summed E-state index contributed by atoms with van der Waals surface area (Å²) in [6.45, 7) is 2.52. The van der Waals surface area contributed by atoms with E-state index >= 15 is 0 Å². The Bertz CT molecular complexity index is 3710. The second-order valence-electron chi connectivity index (χ2n) is 26.6. The van der Waals surface area contributed by atoms with Gasteiger partial charge < -0.3 is 75.7 Å². The number of hydrogen-bond acceptors (Lipinski definition) is 15. The first-order chi connectivity index (χ1) is 43.2. The van der Waals surface area contributed by atoms with E-state index in [0.29, 0.717) is 87.5 Å². The van der Waals surface area contributed by atoms with Crippen LogP contribution in [0.2, 0.25) is 0 Å². The van der Waals surface area contributed by atoms with Crippen molar-refractivity contribution in [2.45, 2.75) is 158 Å². The number of fused-ring (bicyclic) bond motifs is 5. The summed E-state index contributed by atoms with van der Waals surface area (Å²) in [6.07, 6.45) is 22.5. The molecule has 2 aromatic carbocycles. The van der Waals surface area contributed by atoms with Crippen molar-refractivity contribution in [2.75, 3.05) is 19.7 Å². The third-order valence-electron chi connectivity index (χ3n) is 21.1. The number of esters is 1. The van der Waals surface area contributed by atoms with Crippen molar-refractivity contribution in [1.82, 2.24) is 35.8 Å². The number of aliphatic hydroxyl groups is 2. The molecule has 89 heavy (non-hydrogen) atoms. The maximum atomic E-state index is 13.6. The van der Waals surface area contributed by atoms with Gasteiger partial charge in [-0.1, -0.05) is 67.4 Å². The normalized spacial score (nSPS) is 34.9. The van der Waals surface area contributed by atoms with Crippen LogP contribution in [0.4, 0.5) is 0 Å². The highest BCUT2D eigenvalue weighted by Crippen LogP contribution is 2.56. The highest BCUT2D eigenvalue weighted by Gasteiger charge is 2.61. The molecule has 0 radical (unpaired) electrons. The summed E-state index contributed by atoms with van der Waals surface area (Å²) in [5.74, 6) is 13.2. The van der Waals surface area contributed by atoms with Crippen LogP contribution < -0.4 is 36.5 Å². The van der Waals surface area contributed by atoms with Crippen molar-refractivity contribution in [3.63, 3.8) is 0 Å². The number of aromatic amines is 1. The van der Waals surface area contributed by atoms with Gasteiger partial charge in [0.1, 0.15) is 24.6 Å². The predicted molar refractivity (Wildman–Crippen MR) is 334 cm³/mol. The molecule has 3 aromatic heterocycles. The number of phenols is 3. The van der Waals surface area contributed by atoms with E-state index in [0.717, 1.165) is 66.1 Å². The maximum Gasteiger partial charge on any atom is 0.302 e. The van der Waals surface area contributed by atoms with Crippen LogP contribution in [0.15, 0.2) is 120 Å². The van der Waals surface area contributed by atoms with Gasteiger partial charge in [-0.3, -0.25) is 20.1 Å². The van der Waals surface area contributed by atoms with Gasteiger partial charge in [0.05, 0.1) is 60.2 Å². The number of aliphatic hydroxyl groups excluding tert-OH is 2. The molecule has 466 valence electrons. The number of pyridine rings is 1. The average molecular weight is 1210 g/mol. The number of benzene rings is 2. The topological polar surface area (TPSA) is 275 Å². The molecular weight excluding hydrogens is 1130 g/mol. The molecule has 12 N–H and O–H groups in total. The lowest BCUT2D eigenvalue weighted by atomic mass is 9.57. The van der Waals surface area contributed by atoms with Gasteiger partial charge in [-0.2, -0.15) is 0 Å². The van der Waals surface area contributed by atoms with E-state index in [1.807, 2.05) is 42.6 Å². The number of carbonyl (C=O) groups is 1. The first-order valence-electron chi connectivity index (χ1n) is 32.1. The zero-order valence-electron chi connectivity index (χ0n) is 50.2. The number of dihydropyridines is 1. The van der Waals surface area contributed by atoms with Gasteiger partial charge in [0.2, 0.25) is 5.75 Å². The maximum absolute atomic E-state index is 13.6. The first-order valence-corrected chi connectivity index (χ1v) is 32.1. The third-order valence-corrected chi connectivity index (χ3v) is 21.1. The molecule has 5 fully saturated rings. The van der Waals surface area contributed by atoms with Gasteiger partial charge >= 0.3 is 5.97 Å². The molecule has 3 saturated carbocycles. The van der Waals surface area contributed by atoms with Crippen molar-refractivity contribution < 1.29 is 49.3 Å². The zero-order valence-corrected chi connectivity index (χ0v) is 50.2. The number of nitrogens with two attached hydrogens (primary N) is 1. The van der Waals surface area contributed by atoms with Crippen LogP contribution in [0.5, 0.6) is 28.7 Å². The molecule has 5 aromatic rings. The van der Waals surface area contributed by atoms with Crippen LogP contribution in [0.3, 0.4) is 0 Å². The van der Waals surface area contributed by atoms with Gasteiger partial charge in [-0.15, -0.1) is 5.92 Å². The Balaban J connectivity index is 0.933. The average Bonchev–Trinajstić information content (AvgIpc) is 1.39. The van der Waals surface area contributed by atoms with Crippen molar-refractivity contribution in [2.24, 2.45) is 51.1 Å². The fraction of sp³-hybridized carbons (Fsp3) is 0.500. The molecule has 8 heterocycles. The number of aliphatic imine (C=N–C) groups is 1. The van der Waals surface area contributed by atoms with E-state index < -0.39 is 94.7 Å². The molecule has 1 spiro atoms. The number of aromatic nitrogens is 3. The van der Waals surface area contributed by atoms with Crippen molar-refractivity contribution in [3.8, 4) is 52.4 Å². The standard InChI is InChI=1S/C70H81N9O10/c1-41(80)87-57-34-56(47-32-54(82)63(84)59(33-47)86-29-22-42-8-7-26-72-37-42)89-64-49(57)17-15-48-16-18-50-55-12-5-25-70(50)62(66(85)76-51-11-3-2-9-45(51)10-4-24-69(48,64)36-43-14-19-53(81)58(30-43)88-55)65(79-38-46-21-28-73-52(46)39-79)77-67(78-70)75-40-68(23-6-13-60(68)83)35-44-20-27-74-61(71)31-44/h7-8,14-15,17,19-21,26,28,30-33,37-39,45,48-51,55-57,60,62,64-66,73-74,76,81-85H,2-3,5-6,9,11-13,22-25,27,29,34-36,40,71H2,1H3,(H2,75,77,78)/t45-,48-,49+,50+,51-,55-,56+,57+,60-,62-,64-,65+,66-,68-,69-,70+/m1/s1. The summed E-state index contributed by atoms with van der Waals surface area (Å²) in [7, 11) is 0. The number of phenolic OH excluding ortho intramolecular Hbond substituents is 3. The Kier molecular flexibility index (Phi) is 15.8.